The number of Topliss-reactive ketones (excluding diaryl/α,β-unsaturated/α-hetero) is 1. The molecule has 1 aliphatic rings. The Bertz CT molecular complexity index is 394. The Morgan fingerprint density at radius 1 is 1.31 bits per heavy atom. The first-order chi connectivity index (χ1) is 7.79. The summed E-state index contributed by atoms with van der Waals surface area (Å²) in [4.78, 5) is 13.7. The Morgan fingerprint density at radius 3 is 2.75 bits per heavy atom. The van der Waals surface area contributed by atoms with E-state index in [2.05, 4.69) is 30.0 Å². The fraction of sp³-hybridized carbons (Fsp3) is 0.357. The first kappa shape index (κ1) is 10.9. The lowest BCUT2D eigenvalue weighted by atomic mass is 10.0. The van der Waals surface area contributed by atoms with E-state index >= 15 is 0 Å². The van der Waals surface area contributed by atoms with Crippen LogP contribution in [0.15, 0.2) is 36.0 Å². The number of rotatable bonds is 2. The number of hydrogen-bond acceptors (Lipinski definition) is 2. The second-order valence-electron chi connectivity index (χ2n) is 4.09. The molecule has 0 saturated carbocycles. The highest BCUT2D eigenvalue weighted by Gasteiger charge is 2.18. The van der Waals surface area contributed by atoms with Crippen LogP contribution in [0.25, 0.3) is 6.08 Å². The van der Waals surface area contributed by atoms with E-state index in [-0.39, 0.29) is 0 Å². The summed E-state index contributed by atoms with van der Waals surface area (Å²) < 4.78 is 0. The van der Waals surface area contributed by atoms with Gasteiger partial charge in [-0.05, 0) is 18.6 Å². The largest absolute Gasteiger partial charge is 0.374 e. The van der Waals surface area contributed by atoms with Gasteiger partial charge in [-0.2, -0.15) is 0 Å². The van der Waals surface area contributed by atoms with Crippen molar-refractivity contribution in [1.29, 1.82) is 0 Å². The number of hydrogen-bond donors (Lipinski definition) is 0. The van der Waals surface area contributed by atoms with Gasteiger partial charge in [-0.3, -0.25) is 4.79 Å². The quantitative estimate of drug-likeness (QED) is 0.756. The summed E-state index contributed by atoms with van der Waals surface area (Å²) in [6, 6.07) is 10.2. The SMILES string of the molecule is CCN1CCC(=O)C/C1=C\c1ccccc1. The van der Waals surface area contributed by atoms with Gasteiger partial charge in [-0.1, -0.05) is 30.3 Å². The average Bonchev–Trinajstić information content (AvgIpc) is 2.31. The molecule has 0 N–H and O–H groups in total. The van der Waals surface area contributed by atoms with Crippen molar-refractivity contribution >= 4 is 11.9 Å². The molecule has 0 aromatic heterocycles. The summed E-state index contributed by atoms with van der Waals surface area (Å²) in [5, 5.41) is 0. The molecule has 0 amide bonds. The second-order valence-corrected chi connectivity index (χ2v) is 4.09. The van der Waals surface area contributed by atoms with Gasteiger partial charge < -0.3 is 4.90 Å². The molecule has 1 saturated heterocycles. The number of likely N-dealkylation sites (tertiary alicyclic amines) is 1. The van der Waals surface area contributed by atoms with Crippen LogP contribution in [0.3, 0.4) is 0 Å². The zero-order chi connectivity index (χ0) is 11.4. The second kappa shape index (κ2) is 4.97. The van der Waals surface area contributed by atoms with E-state index in [0.29, 0.717) is 18.6 Å². The maximum Gasteiger partial charge on any atom is 0.140 e. The Balaban J connectivity index is 2.22. The molecule has 84 valence electrons. The van der Waals surface area contributed by atoms with Crippen LogP contribution in [0.5, 0.6) is 0 Å². The number of ketones is 1. The normalized spacial score (nSPS) is 19.2. The van der Waals surface area contributed by atoms with E-state index in [1.807, 2.05) is 18.2 Å². The van der Waals surface area contributed by atoms with Crippen LogP contribution in [-0.4, -0.2) is 23.8 Å². The summed E-state index contributed by atoms with van der Waals surface area (Å²) in [6.07, 6.45) is 3.41. The van der Waals surface area contributed by atoms with E-state index in [1.165, 1.54) is 5.56 Å². The zero-order valence-electron chi connectivity index (χ0n) is 9.65. The summed E-state index contributed by atoms with van der Waals surface area (Å²) in [7, 11) is 0. The molecule has 0 aliphatic carbocycles. The first-order valence-electron chi connectivity index (χ1n) is 5.82. The van der Waals surface area contributed by atoms with E-state index in [1.54, 1.807) is 0 Å². The molecule has 2 rings (SSSR count). The van der Waals surface area contributed by atoms with Crippen molar-refractivity contribution in [1.82, 2.24) is 4.90 Å². The summed E-state index contributed by atoms with van der Waals surface area (Å²) in [5.74, 6) is 0.354. The van der Waals surface area contributed by atoms with Gasteiger partial charge in [0.15, 0.2) is 0 Å². The zero-order valence-corrected chi connectivity index (χ0v) is 9.65. The van der Waals surface area contributed by atoms with Gasteiger partial charge >= 0.3 is 0 Å². The van der Waals surface area contributed by atoms with Crippen LogP contribution in [0.2, 0.25) is 0 Å². The third-order valence-corrected chi connectivity index (χ3v) is 2.96. The molecule has 2 heteroatoms. The number of piperidine rings is 1. The molecule has 0 radical (unpaired) electrons. The third kappa shape index (κ3) is 2.51. The molecule has 16 heavy (non-hydrogen) atoms. The highest BCUT2D eigenvalue weighted by molar-refractivity contribution is 5.83. The van der Waals surface area contributed by atoms with E-state index in [4.69, 9.17) is 0 Å². The van der Waals surface area contributed by atoms with Crippen molar-refractivity contribution in [2.45, 2.75) is 19.8 Å². The molecule has 1 fully saturated rings. The van der Waals surface area contributed by atoms with Crippen LogP contribution < -0.4 is 0 Å². The van der Waals surface area contributed by atoms with E-state index in [9.17, 15) is 4.79 Å². The van der Waals surface area contributed by atoms with Gasteiger partial charge in [0.1, 0.15) is 5.78 Å². The van der Waals surface area contributed by atoms with Crippen LogP contribution in [0.4, 0.5) is 0 Å². The van der Waals surface area contributed by atoms with E-state index < -0.39 is 0 Å². The summed E-state index contributed by atoms with van der Waals surface area (Å²) >= 11 is 0. The molecule has 0 atom stereocenters. The minimum absolute atomic E-state index is 0.354. The number of carbonyl (C=O) groups is 1. The molecule has 0 spiro atoms. The minimum atomic E-state index is 0.354. The topological polar surface area (TPSA) is 20.3 Å². The molecule has 1 aliphatic heterocycles. The Hall–Kier alpha value is -1.57. The van der Waals surface area contributed by atoms with Gasteiger partial charge in [-0.15, -0.1) is 0 Å². The summed E-state index contributed by atoms with van der Waals surface area (Å²) in [6.45, 7) is 3.98. The van der Waals surface area contributed by atoms with Gasteiger partial charge in [0.25, 0.3) is 0 Å². The highest BCUT2D eigenvalue weighted by Crippen LogP contribution is 2.20. The van der Waals surface area contributed by atoms with Crippen LogP contribution in [-0.2, 0) is 4.79 Å². The van der Waals surface area contributed by atoms with Crippen molar-refractivity contribution in [2.75, 3.05) is 13.1 Å². The Labute approximate surface area is 96.6 Å². The molecule has 1 heterocycles. The molecule has 1 aromatic carbocycles. The molecule has 1 aromatic rings. The van der Waals surface area contributed by atoms with Crippen molar-refractivity contribution in [3.8, 4) is 0 Å². The van der Waals surface area contributed by atoms with Crippen molar-refractivity contribution in [2.24, 2.45) is 0 Å². The van der Waals surface area contributed by atoms with Crippen LogP contribution in [0.1, 0.15) is 25.3 Å². The predicted octanol–water partition coefficient (Wildman–Crippen LogP) is 2.71. The van der Waals surface area contributed by atoms with Crippen molar-refractivity contribution in [3.05, 3.63) is 41.6 Å². The van der Waals surface area contributed by atoms with Gasteiger partial charge in [0, 0.05) is 31.6 Å². The highest BCUT2D eigenvalue weighted by atomic mass is 16.1. The Morgan fingerprint density at radius 2 is 2.06 bits per heavy atom. The maximum atomic E-state index is 11.5. The lowest BCUT2D eigenvalue weighted by Crippen LogP contribution is -2.31. The van der Waals surface area contributed by atoms with Crippen molar-refractivity contribution < 1.29 is 4.79 Å². The monoisotopic (exact) mass is 215 g/mol. The molecule has 0 bridgehead atoms. The van der Waals surface area contributed by atoms with Gasteiger partial charge in [-0.25, -0.2) is 0 Å². The lowest BCUT2D eigenvalue weighted by Gasteiger charge is -2.29. The standard InChI is InChI=1S/C14H17NO/c1-2-15-9-8-14(16)11-13(15)10-12-6-4-3-5-7-12/h3-7,10H,2,8-9,11H2,1H3/b13-10+. The Kier molecular flexibility index (Phi) is 3.40. The minimum Gasteiger partial charge on any atom is -0.374 e. The third-order valence-electron chi connectivity index (χ3n) is 2.96. The van der Waals surface area contributed by atoms with Crippen molar-refractivity contribution in [3.63, 3.8) is 0 Å². The fourth-order valence-corrected chi connectivity index (χ4v) is 2.05. The average molecular weight is 215 g/mol. The van der Waals surface area contributed by atoms with Crippen LogP contribution >= 0.6 is 0 Å². The van der Waals surface area contributed by atoms with E-state index in [0.717, 1.165) is 18.8 Å². The number of nitrogens with zero attached hydrogens (tertiary/aromatic N) is 1. The number of carbonyl (C=O) groups excluding carboxylic acids is 1. The van der Waals surface area contributed by atoms with Crippen LogP contribution in [0, 0.1) is 0 Å². The molecular formula is C14H17NO. The summed E-state index contributed by atoms with van der Waals surface area (Å²) in [5.41, 5.74) is 2.33. The maximum absolute atomic E-state index is 11.5. The number of benzene rings is 1. The van der Waals surface area contributed by atoms with Gasteiger partial charge in [0.2, 0.25) is 0 Å². The first-order valence-corrected chi connectivity index (χ1v) is 5.82. The molecule has 2 nitrogen and oxygen atoms in total. The van der Waals surface area contributed by atoms with Gasteiger partial charge in [0.05, 0.1) is 0 Å². The molecule has 0 unspecified atom stereocenters. The molecular weight excluding hydrogens is 198 g/mol. The fourth-order valence-electron chi connectivity index (χ4n) is 2.05. The number of allylic oxidation sites excluding steroid dienone is 1. The predicted molar refractivity (Wildman–Crippen MR) is 65.9 cm³/mol. The smallest absolute Gasteiger partial charge is 0.140 e. The lowest BCUT2D eigenvalue weighted by molar-refractivity contribution is -0.120.